The van der Waals surface area contributed by atoms with Crippen LogP contribution in [0.5, 0.6) is 0 Å². The van der Waals surface area contributed by atoms with E-state index in [1.165, 1.54) is 4.90 Å². The maximum absolute atomic E-state index is 13.1. The Balaban J connectivity index is 2.80. The zero-order valence-electron chi connectivity index (χ0n) is 10.5. The Morgan fingerprint density at radius 1 is 1.61 bits per heavy atom. The molecule has 1 aliphatic heterocycles. The molecule has 18 heavy (non-hydrogen) atoms. The summed E-state index contributed by atoms with van der Waals surface area (Å²) in [7, 11) is 0. The summed E-state index contributed by atoms with van der Waals surface area (Å²) in [5.74, 6) is -5.00. The van der Waals surface area contributed by atoms with Crippen molar-refractivity contribution in [3.8, 4) is 0 Å². The summed E-state index contributed by atoms with van der Waals surface area (Å²) in [5, 5.41) is 0. The number of esters is 1. The van der Waals surface area contributed by atoms with E-state index in [1.54, 1.807) is 13.8 Å². The number of ketones is 1. The van der Waals surface area contributed by atoms with Gasteiger partial charge >= 0.3 is 11.9 Å². The highest BCUT2D eigenvalue weighted by atomic mass is 19.3. The number of hydrogen-bond acceptors (Lipinski definition) is 4. The number of rotatable bonds is 4. The molecule has 0 amide bonds. The summed E-state index contributed by atoms with van der Waals surface area (Å²) in [4.78, 5) is 24.4. The molecular formula is C12H17F2NO3. The average molecular weight is 261 g/mol. The van der Waals surface area contributed by atoms with Gasteiger partial charge in [0.15, 0.2) is 0 Å². The predicted molar refractivity (Wildman–Crippen MR) is 61.4 cm³/mol. The Bertz CT molecular complexity index is 368. The molecule has 1 aliphatic rings. The zero-order valence-corrected chi connectivity index (χ0v) is 10.5. The molecule has 6 heteroatoms. The first-order valence-electron chi connectivity index (χ1n) is 5.76. The summed E-state index contributed by atoms with van der Waals surface area (Å²) < 4.78 is 31.0. The fourth-order valence-corrected chi connectivity index (χ4v) is 1.91. The van der Waals surface area contributed by atoms with E-state index >= 15 is 0 Å². The van der Waals surface area contributed by atoms with Crippen molar-refractivity contribution in [1.82, 2.24) is 4.90 Å². The van der Waals surface area contributed by atoms with Gasteiger partial charge in [0.2, 0.25) is 5.78 Å². The fraction of sp³-hybridized carbons (Fsp3) is 0.667. The second-order valence-corrected chi connectivity index (χ2v) is 4.35. The minimum absolute atomic E-state index is 0.0327. The van der Waals surface area contributed by atoms with Crippen LogP contribution in [0, 0.1) is 0 Å². The Kier molecular flexibility index (Phi) is 4.56. The third-order valence-corrected chi connectivity index (χ3v) is 2.81. The molecule has 0 bridgehead atoms. The first-order chi connectivity index (χ1) is 8.29. The average Bonchev–Trinajstić information content (AvgIpc) is 2.24. The summed E-state index contributed by atoms with van der Waals surface area (Å²) in [5.41, 5.74) is 0.478. The van der Waals surface area contributed by atoms with Crippen LogP contribution in [-0.4, -0.2) is 48.3 Å². The number of alkyl halides is 2. The molecule has 0 aromatic rings. The van der Waals surface area contributed by atoms with Gasteiger partial charge in [0.05, 0.1) is 13.2 Å². The van der Waals surface area contributed by atoms with Gasteiger partial charge in [0.25, 0.3) is 0 Å². The highest BCUT2D eigenvalue weighted by Crippen LogP contribution is 2.27. The molecule has 0 N–H and O–H groups in total. The number of ether oxygens (including phenoxy) is 1. The van der Waals surface area contributed by atoms with Gasteiger partial charge in [-0.1, -0.05) is 12.2 Å². The van der Waals surface area contributed by atoms with Crippen molar-refractivity contribution in [2.75, 3.05) is 19.7 Å². The van der Waals surface area contributed by atoms with E-state index in [9.17, 15) is 18.4 Å². The third-order valence-electron chi connectivity index (χ3n) is 2.81. The maximum atomic E-state index is 13.1. The van der Waals surface area contributed by atoms with E-state index < -0.39 is 36.7 Å². The molecule has 1 atom stereocenters. The second-order valence-electron chi connectivity index (χ2n) is 4.35. The van der Waals surface area contributed by atoms with Gasteiger partial charge in [0.1, 0.15) is 6.04 Å². The lowest BCUT2D eigenvalue weighted by Crippen LogP contribution is -2.54. The van der Waals surface area contributed by atoms with Gasteiger partial charge in [-0.2, -0.15) is 8.78 Å². The quantitative estimate of drug-likeness (QED) is 0.567. The fourth-order valence-electron chi connectivity index (χ4n) is 1.91. The number of likely N-dealkylation sites (tertiary alicyclic amines) is 1. The summed E-state index contributed by atoms with van der Waals surface area (Å²) in [6, 6.07) is -0.829. The summed E-state index contributed by atoms with van der Waals surface area (Å²) in [6.45, 7) is 6.63. The van der Waals surface area contributed by atoms with Gasteiger partial charge in [-0.05, 0) is 13.8 Å². The number of nitrogens with zero attached hydrogens (tertiary/aromatic N) is 1. The largest absolute Gasteiger partial charge is 0.465 e. The molecule has 0 radical (unpaired) electrons. The molecule has 1 unspecified atom stereocenters. The van der Waals surface area contributed by atoms with Crippen LogP contribution in [0.2, 0.25) is 0 Å². The SMILES string of the molecule is C=C(C)C(C(=O)OCC)N1CCC(F)(F)C(=O)C1. The minimum Gasteiger partial charge on any atom is -0.465 e. The molecule has 0 aromatic heterocycles. The minimum atomic E-state index is -3.29. The van der Waals surface area contributed by atoms with Crippen LogP contribution in [-0.2, 0) is 14.3 Å². The lowest BCUT2D eigenvalue weighted by molar-refractivity contribution is -0.157. The van der Waals surface area contributed by atoms with Crippen LogP contribution in [0.4, 0.5) is 8.78 Å². The summed E-state index contributed by atoms with van der Waals surface area (Å²) in [6.07, 6.45) is -0.574. The number of hydrogen-bond donors (Lipinski definition) is 0. The van der Waals surface area contributed by atoms with Crippen molar-refractivity contribution in [3.63, 3.8) is 0 Å². The number of Topliss-reactive ketones (excluding diaryl/α,β-unsaturated/α-hetero) is 1. The van der Waals surface area contributed by atoms with Crippen LogP contribution < -0.4 is 0 Å². The van der Waals surface area contributed by atoms with E-state index in [0.717, 1.165) is 0 Å². The van der Waals surface area contributed by atoms with Gasteiger partial charge in [-0.25, -0.2) is 4.79 Å². The topological polar surface area (TPSA) is 46.6 Å². The van der Waals surface area contributed by atoms with Gasteiger partial charge < -0.3 is 4.74 Å². The number of piperidine rings is 1. The molecule has 0 saturated carbocycles. The molecule has 0 spiro atoms. The van der Waals surface area contributed by atoms with Gasteiger partial charge in [-0.15, -0.1) is 0 Å². The maximum Gasteiger partial charge on any atom is 0.327 e. The zero-order chi connectivity index (χ0) is 13.9. The monoisotopic (exact) mass is 261 g/mol. The van der Waals surface area contributed by atoms with Crippen molar-refractivity contribution in [1.29, 1.82) is 0 Å². The molecule has 1 rings (SSSR count). The standard InChI is InChI=1S/C12H17F2NO3/c1-4-18-11(17)10(8(2)3)15-6-5-12(13,14)9(16)7-15/h10H,2,4-7H2,1,3H3. The van der Waals surface area contributed by atoms with Crippen molar-refractivity contribution in [3.05, 3.63) is 12.2 Å². The normalized spacial score (nSPS) is 21.4. The predicted octanol–water partition coefficient (Wildman–Crippen LogP) is 1.40. The van der Waals surface area contributed by atoms with Crippen molar-refractivity contribution < 1.29 is 23.1 Å². The van der Waals surface area contributed by atoms with Gasteiger partial charge in [-0.3, -0.25) is 9.69 Å². The Morgan fingerprint density at radius 2 is 2.22 bits per heavy atom. The van der Waals surface area contributed by atoms with E-state index in [0.29, 0.717) is 5.57 Å². The Morgan fingerprint density at radius 3 is 2.67 bits per heavy atom. The first-order valence-corrected chi connectivity index (χ1v) is 5.76. The number of carbonyl (C=O) groups is 2. The number of carbonyl (C=O) groups excluding carboxylic acids is 2. The van der Waals surface area contributed by atoms with Crippen molar-refractivity contribution >= 4 is 11.8 Å². The van der Waals surface area contributed by atoms with Crippen LogP contribution in [0.15, 0.2) is 12.2 Å². The van der Waals surface area contributed by atoms with E-state index in [2.05, 4.69) is 6.58 Å². The summed E-state index contributed by atoms with van der Waals surface area (Å²) >= 11 is 0. The van der Waals surface area contributed by atoms with Crippen LogP contribution in [0.3, 0.4) is 0 Å². The molecule has 0 aromatic carbocycles. The molecular weight excluding hydrogens is 244 g/mol. The van der Waals surface area contributed by atoms with Crippen molar-refractivity contribution in [2.24, 2.45) is 0 Å². The Labute approximate surface area is 105 Å². The van der Waals surface area contributed by atoms with E-state index in [4.69, 9.17) is 4.74 Å². The van der Waals surface area contributed by atoms with Crippen LogP contribution >= 0.6 is 0 Å². The van der Waals surface area contributed by atoms with Crippen molar-refractivity contribution in [2.45, 2.75) is 32.2 Å². The first kappa shape index (κ1) is 14.8. The van der Waals surface area contributed by atoms with Crippen LogP contribution in [0.25, 0.3) is 0 Å². The smallest absolute Gasteiger partial charge is 0.327 e. The molecule has 1 fully saturated rings. The van der Waals surface area contributed by atoms with Crippen LogP contribution in [0.1, 0.15) is 20.3 Å². The molecule has 102 valence electrons. The van der Waals surface area contributed by atoms with E-state index in [1.807, 2.05) is 0 Å². The lowest BCUT2D eigenvalue weighted by atomic mass is 10.0. The third kappa shape index (κ3) is 3.13. The highest BCUT2D eigenvalue weighted by molar-refractivity contribution is 5.89. The highest BCUT2D eigenvalue weighted by Gasteiger charge is 2.45. The number of halogens is 2. The second kappa shape index (κ2) is 5.56. The molecule has 1 heterocycles. The molecule has 0 aliphatic carbocycles. The lowest BCUT2D eigenvalue weighted by Gasteiger charge is -2.35. The van der Waals surface area contributed by atoms with E-state index in [-0.39, 0.29) is 13.2 Å². The molecule has 4 nitrogen and oxygen atoms in total. The molecule has 1 saturated heterocycles. The Hall–Kier alpha value is -1.30. The van der Waals surface area contributed by atoms with Gasteiger partial charge in [0, 0.05) is 13.0 Å².